The van der Waals surface area contributed by atoms with E-state index in [2.05, 4.69) is 17.1 Å². The van der Waals surface area contributed by atoms with Crippen molar-refractivity contribution in [3.05, 3.63) is 35.0 Å². The van der Waals surface area contributed by atoms with E-state index >= 15 is 0 Å². The standard InChI is InChI=1S/C16H20N2O2/c17-13(6-8-16(19)20)10-5-7-15-12(9-10)11-3-1-2-4-14(11)18-15/h5,7,9,13,18H,1-4,6,8,17H2,(H,19,20). The Morgan fingerprint density at radius 1 is 1.35 bits per heavy atom. The van der Waals surface area contributed by atoms with Crippen LogP contribution in [0.2, 0.25) is 0 Å². The van der Waals surface area contributed by atoms with E-state index in [4.69, 9.17) is 10.8 Å². The van der Waals surface area contributed by atoms with Gasteiger partial charge in [0.05, 0.1) is 0 Å². The smallest absolute Gasteiger partial charge is 0.303 e. The molecule has 2 aromatic rings. The van der Waals surface area contributed by atoms with Gasteiger partial charge in [-0.25, -0.2) is 0 Å². The van der Waals surface area contributed by atoms with Gasteiger partial charge >= 0.3 is 5.97 Å². The van der Waals surface area contributed by atoms with E-state index in [1.807, 2.05) is 6.07 Å². The normalized spacial score (nSPS) is 16.1. The second-order valence-electron chi connectivity index (χ2n) is 5.63. The van der Waals surface area contributed by atoms with Crippen LogP contribution < -0.4 is 5.73 Å². The predicted octanol–water partition coefficient (Wildman–Crippen LogP) is 2.91. The Hall–Kier alpha value is -1.81. The summed E-state index contributed by atoms with van der Waals surface area (Å²) in [6.45, 7) is 0. The third kappa shape index (κ3) is 2.43. The van der Waals surface area contributed by atoms with Crippen LogP contribution in [-0.4, -0.2) is 16.1 Å². The SMILES string of the molecule is NC(CCC(=O)O)c1ccc2[nH]c3c(c2c1)CCCC3. The summed E-state index contributed by atoms with van der Waals surface area (Å²) in [5.74, 6) is -0.791. The molecule has 0 spiro atoms. The molecule has 0 aliphatic heterocycles. The number of benzene rings is 1. The van der Waals surface area contributed by atoms with Gasteiger partial charge in [-0.1, -0.05) is 6.07 Å². The number of carbonyl (C=O) groups is 1. The van der Waals surface area contributed by atoms with Gasteiger partial charge in [-0.05, 0) is 55.4 Å². The van der Waals surface area contributed by atoms with Crippen LogP contribution in [0.1, 0.15) is 48.5 Å². The fourth-order valence-electron chi connectivity index (χ4n) is 3.10. The quantitative estimate of drug-likeness (QED) is 0.800. The molecule has 1 atom stereocenters. The van der Waals surface area contributed by atoms with Crippen molar-refractivity contribution in [2.45, 2.75) is 44.6 Å². The maximum atomic E-state index is 10.6. The first-order valence-electron chi connectivity index (χ1n) is 7.26. The average Bonchev–Trinajstić information content (AvgIpc) is 2.82. The molecule has 20 heavy (non-hydrogen) atoms. The van der Waals surface area contributed by atoms with Gasteiger partial charge in [0.25, 0.3) is 0 Å². The summed E-state index contributed by atoms with van der Waals surface area (Å²) in [5.41, 5.74) is 11.1. The van der Waals surface area contributed by atoms with E-state index in [-0.39, 0.29) is 12.5 Å². The highest BCUT2D eigenvalue weighted by Crippen LogP contribution is 2.31. The number of nitrogens with two attached hydrogens (primary N) is 1. The minimum atomic E-state index is -0.791. The van der Waals surface area contributed by atoms with Crippen LogP contribution >= 0.6 is 0 Å². The zero-order chi connectivity index (χ0) is 14.1. The molecule has 1 aliphatic carbocycles. The first-order valence-corrected chi connectivity index (χ1v) is 7.26. The Balaban J connectivity index is 1.91. The van der Waals surface area contributed by atoms with Crippen LogP contribution in [0.15, 0.2) is 18.2 Å². The minimum Gasteiger partial charge on any atom is -0.481 e. The molecule has 0 radical (unpaired) electrons. The predicted molar refractivity (Wildman–Crippen MR) is 78.7 cm³/mol. The van der Waals surface area contributed by atoms with E-state index in [1.54, 1.807) is 0 Å². The lowest BCUT2D eigenvalue weighted by molar-refractivity contribution is -0.137. The number of rotatable bonds is 4. The third-order valence-electron chi connectivity index (χ3n) is 4.22. The summed E-state index contributed by atoms with van der Waals surface area (Å²) in [5, 5.41) is 10.0. The molecule has 1 aliphatic rings. The molecule has 3 rings (SSSR count). The van der Waals surface area contributed by atoms with E-state index in [0.29, 0.717) is 6.42 Å². The molecule has 0 saturated carbocycles. The molecule has 4 nitrogen and oxygen atoms in total. The molecule has 0 amide bonds. The molecule has 0 bridgehead atoms. The van der Waals surface area contributed by atoms with Crippen LogP contribution in [0.5, 0.6) is 0 Å². The topological polar surface area (TPSA) is 79.1 Å². The summed E-state index contributed by atoms with van der Waals surface area (Å²) in [6, 6.07) is 6.02. The Bertz CT molecular complexity index is 645. The van der Waals surface area contributed by atoms with Gasteiger partial charge in [-0.2, -0.15) is 0 Å². The molecule has 1 aromatic carbocycles. The van der Waals surface area contributed by atoms with Gasteiger partial charge in [-0.15, -0.1) is 0 Å². The lowest BCUT2D eigenvalue weighted by atomic mass is 9.94. The lowest BCUT2D eigenvalue weighted by Gasteiger charge is -2.12. The van der Waals surface area contributed by atoms with Crippen molar-refractivity contribution in [1.29, 1.82) is 0 Å². The molecule has 4 N–H and O–H groups in total. The largest absolute Gasteiger partial charge is 0.481 e. The number of H-pyrrole nitrogens is 1. The second kappa shape index (κ2) is 5.29. The second-order valence-corrected chi connectivity index (χ2v) is 5.63. The number of aromatic amines is 1. The maximum absolute atomic E-state index is 10.6. The number of aryl methyl sites for hydroxylation is 2. The summed E-state index contributed by atoms with van der Waals surface area (Å²) in [7, 11) is 0. The molecular formula is C16H20N2O2. The zero-order valence-corrected chi connectivity index (χ0v) is 11.5. The van der Waals surface area contributed by atoms with E-state index < -0.39 is 5.97 Å². The van der Waals surface area contributed by atoms with Crippen molar-refractivity contribution in [2.24, 2.45) is 5.73 Å². The van der Waals surface area contributed by atoms with Crippen molar-refractivity contribution in [1.82, 2.24) is 4.98 Å². The highest BCUT2D eigenvalue weighted by atomic mass is 16.4. The van der Waals surface area contributed by atoms with Crippen LogP contribution in [0.3, 0.4) is 0 Å². The van der Waals surface area contributed by atoms with E-state index in [0.717, 1.165) is 18.4 Å². The Morgan fingerprint density at radius 3 is 2.95 bits per heavy atom. The number of hydrogen-bond acceptors (Lipinski definition) is 2. The minimum absolute atomic E-state index is 0.116. The van der Waals surface area contributed by atoms with Gasteiger partial charge < -0.3 is 15.8 Å². The van der Waals surface area contributed by atoms with Gasteiger partial charge in [0.2, 0.25) is 0 Å². The average molecular weight is 272 g/mol. The highest BCUT2D eigenvalue weighted by Gasteiger charge is 2.16. The molecule has 106 valence electrons. The molecule has 4 heteroatoms. The highest BCUT2D eigenvalue weighted by molar-refractivity contribution is 5.85. The monoisotopic (exact) mass is 272 g/mol. The molecule has 0 saturated heterocycles. The van der Waals surface area contributed by atoms with Gasteiger partial charge in [0.1, 0.15) is 0 Å². The number of hydrogen-bond donors (Lipinski definition) is 3. The summed E-state index contributed by atoms with van der Waals surface area (Å²) >= 11 is 0. The van der Waals surface area contributed by atoms with E-state index in [9.17, 15) is 4.79 Å². The van der Waals surface area contributed by atoms with Crippen molar-refractivity contribution >= 4 is 16.9 Å². The number of carboxylic acids is 1. The van der Waals surface area contributed by atoms with Gasteiger partial charge in [0.15, 0.2) is 0 Å². The van der Waals surface area contributed by atoms with Crippen LogP contribution in [0, 0.1) is 0 Å². The third-order valence-corrected chi connectivity index (χ3v) is 4.22. The van der Waals surface area contributed by atoms with E-state index in [1.165, 1.54) is 35.0 Å². The molecule has 1 aromatic heterocycles. The number of carboxylic acid groups (broad SMARTS) is 1. The van der Waals surface area contributed by atoms with Crippen molar-refractivity contribution < 1.29 is 9.90 Å². The van der Waals surface area contributed by atoms with Gasteiger partial charge in [-0.3, -0.25) is 4.79 Å². The Kier molecular flexibility index (Phi) is 3.49. The van der Waals surface area contributed by atoms with Gasteiger partial charge in [0, 0.05) is 29.1 Å². The maximum Gasteiger partial charge on any atom is 0.303 e. The van der Waals surface area contributed by atoms with Crippen molar-refractivity contribution in [2.75, 3.05) is 0 Å². The lowest BCUT2D eigenvalue weighted by Crippen LogP contribution is -2.12. The fraction of sp³-hybridized carbons (Fsp3) is 0.438. The number of nitrogens with one attached hydrogen (secondary N) is 1. The first-order chi connectivity index (χ1) is 9.65. The van der Waals surface area contributed by atoms with Crippen molar-refractivity contribution in [3.63, 3.8) is 0 Å². The molecule has 1 heterocycles. The molecule has 0 fully saturated rings. The molecular weight excluding hydrogens is 252 g/mol. The van der Waals surface area contributed by atoms with Crippen molar-refractivity contribution in [3.8, 4) is 0 Å². The molecule has 1 unspecified atom stereocenters. The number of aliphatic carboxylic acids is 1. The Labute approximate surface area is 118 Å². The van der Waals surface area contributed by atoms with Crippen LogP contribution in [0.25, 0.3) is 10.9 Å². The van der Waals surface area contributed by atoms with Crippen LogP contribution in [-0.2, 0) is 17.6 Å². The van der Waals surface area contributed by atoms with Crippen LogP contribution in [0.4, 0.5) is 0 Å². The first kappa shape index (κ1) is 13.2. The Morgan fingerprint density at radius 2 is 2.15 bits per heavy atom. The fourth-order valence-corrected chi connectivity index (χ4v) is 3.10. The summed E-state index contributed by atoms with van der Waals surface area (Å²) < 4.78 is 0. The summed E-state index contributed by atoms with van der Waals surface area (Å²) in [4.78, 5) is 14.1. The number of aromatic nitrogens is 1. The summed E-state index contributed by atoms with van der Waals surface area (Å²) in [6.07, 6.45) is 5.35. The zero-order valence-electron chi connectivity index (χ0n) is 11.5. The number of fused-ring (bicyclic) bond motifs is 3.